The third-order valence-electron chi connectivity index (χ3n) is 5.65. The summed E-state index contributed by atoms with van der Waals surface area (Å²) in [5.41, 5.74) is 2.52. The molecule has 176 valence electrons. The van der Waals surface area contributed by atoms with Gasteiger partial charge in [0.15, 0.2) is 0 Å². The van der Waals surface area contributed by atoms with E-state index in [1.165, 1.54) is 12.1 Å². The number of benzene rings is 3. The number of alkyl halides is 2. The number of amides is 2. The van der Waals surface area contributed by atoms with Crippen LogP contribution in [0.3, 0.4) is 0 Å². The Bertz CT molecular complexity index is 1120. The van der Waals surface area contributed by atoms with Gasteiger partial charge in [-0.05, 0) is 42.0 Å². The largest absolute Gasteiger partial charge is 0.434 e. The first-order chi connectivity index (χ1) is 16.5. The van der Waals surface area contributed by atoms with Gasteiger partial charge in [-0.1, -0.05) is 42.5 Å². The lowest BCUT2D eigenvalue weighted by Gasteiger charge is -2.35. The van der Waals surface area contributed by atoms with Crippen LogP contribution < -0.4 is 10.1 Å². The molecule has 1 heterocycles. The fourth-order valence-corrected chi connectivity index (χ4v) is 3.87. The maximum Gasteiger partial charge on any atom is 0.387 e. The highest BCUT2D eigenvalue weighted by molar-refractivity contribution is 6.04. The Morgan fingerprint density at radius 1 is 0.853 bits per heavy atom. The molecular formula is C26H25F2N3O3. The Balaban J connectivity index is 1.30. The van der Waals surface area contributed by atoms with Crippen molar-refractivity contribution in [3.63, 3.8) is 0 Å². The van der Waals surface area contributed by atoms with E-state index >= 15 is 0 Å². The van der Waals surface area contributed by atoms with Crippen molar-refractivity contribution in [1.29, 1.82) is 0 Å². The average molecular weight is 466 g/mol. The molecule has 1 N–H and O–H groups in total. The van der Waals surface area contributed by atoms with Crippen molar-refractivity contribution in [2.75, 3.05) is 31.5 Å². The highest BCUT2D eigenvalue weighted by Gasteiger charge is 2.25. The van der Waals surface area contributed by atoms with Gasteiger partial charge in [-0.25, -0.2) is 0 Å². The smallest absolute Gasteiger partial charge is 0.387 e. The number of rotatable bonds is 7. The standard InChI is InChI=1S/C26H25F2N3O3/c27-26(28)34-23-9-5-4-8-22(23)25(33)31-16-14-30(15-17-31)18-19-10-12-20(13-11-19)24(32)29-21-6-2-1-3-7-21/h1-13,26H,14-18H2,(H,29,32). The van der Waals surface area contributed by atoms with Crippen molar-refractivity contribution in [2.24, 2.45) is 0 Å². The molecule has 2 amide bonds. The van der Waals surface area contributed by atoms with Gasteiger partial charge < -0.3 is 15.0 Å². The van der Waals surface area contributed by atoms with Crippen molar-refractivity contribution >= 4 is 17.5 Å². The van der Waals surface area contributed by atoms with Crippen molar-refractivity contribution in [1.82, 2.24) is 9.80 Å². The van der Waals surface area contributed by atoms with Crippen LogP contribution in [-0.2, 0) is 6.54 Å². The Kier molecular flexibility index (Phi) is 7.49. The van der Waals surface area contributed by atoms with Gasteiger partial charge in [0.05, 0.1) is 5.56 Å². The molecule has 0 aromatic heterocycles. The number of halogens is 2. The summed E-state index contributed by atoms with van der Waals surface area (Å²) in [4.78, 5) is 29.1. The van der Waals surface area contributed by atoms with Crippen LogP contribution in [0.1, 0.15) is 26.3 Å². The van der Waals surface area contributed by atoms with Crippen LogP contribution in [0.2, 0.25) is 0 Å². The van der Waals surface area contributed by atoms with Crippen molar-refractivity contribution in [2.45, 2.75) is 13.2 Å². The Morgan fingerprint density at radius 2 is 1.50 bits per heavy atom. The third kappa shape index (κ3) is 5.96. The number of carbonyl (C=O) groups excluding carboxylic acids is 2. The summed E-state index contributed by atoms with van der Waals surface area (Å²) >= 11 is 0. The molecule has 34 heavy (non-hydrogen) atoms. The zero-order valence-electron chi connectivity index (χ0n) is 18.5. The number of piperazine rings is 1. The SMILES string of the molecule is O=C(Nc1ccccc1)c1ccc(CN2CCN(C(=O)c3ccccc3OC(F)F)CC2)cc1. The van der Waals surface area contributed by atoms with E-state index in [1.54, 1.807) is 29.2 Å². The normalized spacial score (nSPS) is 14.1. The first-order valence-electron chi connectivity index (χ1n) is 11.0. The van der Waals surface area contributed by atoms with Gasteiger partial charge in [0, 0.05) is 44.0 Å². The zero-order valence-corrected chi connectivity index (χ0v) is 18.5. The number of ether oxygens (including phenoxy) is 1. The van der Waals surface area contributed by atoms with E-state index in [0.29, 0.717) is 38.3 Å². The van der Waals surface area contributed by atoms with E-state index in [2.05, 4.69) is 15.0 Å². The quantitative estimate of drug-likeness (QED) is 0.558. The number of nitrogens with zero attached hydrogens (tertiary/aromatic N) is 2. The summed E-state index contributed by atoms with van der Waals surface area (Å²) in [7, 11) is 0. The van der Waals surface area contributed by atoms with Gasteiger partial charge in [-0.2, -0.15) is 8.78 Å². The number of carbonyl (C=O) groups is 2. The second-order valence-corrected chi connectivity index (χ2v) is 7.96. The average Bonchev–Trinajstić information content (AvgIpc) is 2.85. The molecule has 0 atom stereocenters. The molecule has 6 nitrogen and oxygen atoms in total. The summed E-state index contributed by atoms with van der Waals surface area (Å²) in [6.07, 6.45) is 0. The molecule has 1 aliphatic rings. The molecule has 0 spiro atoms. The molecular weight excluding hydrogens is 440 g/mol. The van der Waals surface area contributed by atoms with Crippen molar-refractivity contribution in [3.05, 3.63) is 95.6 Å². The Labute approximate surface area is 196 Å². The maximum absolute atomic E-state index is 12.8. The predicted molar refractivity (Wildman–Crippen MR) is 125 cm³/mol. The summed E-state index contributed by atoms with van der Waals surface area (Å²) in [6.45, 7) is -0.0201. The monoisotopic (exact) mass is 465 g/mol. The first kappa shape index (κ1) is 23.4. The third-order valence-corrected chi connectivity index (χ3v) is 5.65. The van der Waals surface area contributed by atoms with E-state index in [-0.39, 0.29) is 23.1 Å². The Morgan fingerprint density at radius 3 is 2.18 bits per heavy atom. The minimum absolute atomic E-state index is 0.110. The lowest BCUT2D eigenvalue weighted by atomic mass is 10.1. The molecule has 0 radical (unpaired) electrons. The van der Waals surface area contributed by atoms with E-state index in [4.69, 9.17) is 0 Å². The van der Waals surface area contributed by atoms with Crippen LogP contribution in [0.25, 0.3) is 0 Å². The fraction of sp³-hybridized carbons (Fsp3) is 0.231. The summed E-state index contributed by atoms with van der Waals surface area (Å²) < 4.78 is 29.8. The minimum Gasteiger partial charge on any atom is -0.434 e. The van der Waals surface area contributed by atoms with Crippen molar-refractivity contribution in [3.8, 4) is 5.75 Å². The van der Waals surface area contributed by atoms with Crippen LogP contribution in [0.5, 0.6) is 5.75 Å². The van der Waals surface area contributed by atoms with E-state index in [9.17, 15) is 18.4 Å². The number of anilines is 1. The lowest BCUT2D eigenvalue weighted by molar-refractivity contribution is -0.0503. The molecule has 3 aromatic rings. The van der Waals surface area contributed by atoms with Gasteiger partial charge in [0.25, 0.3) is 11.8 Å². The molecule has 1 aliphatic heterocycles. The van der Waals surface area contributed by atoms with Crippen LogP contribution in [0.4, 0.5) is 14.5 Å². The van der Waals surface area contributed by atoms with Gasteiger partial charge in [0.1, 0.15) is 5.75 Å². The predicted octanol–water partition coefficient (Wildman–Crippen LogP) is 4.50. The molecule has 0 saturated carbocycles. The van der Waals surface area contributed by atoms with Gasteiger partial charge >= 0.3 is 6.61 Å². The number of hydrogen-bond donors (Lipinski definition) is 1. The van der Waals surface area contributed by atoms with Gasteiger partial charge in [0.2, 0.25) is 0 Å². The van der Waals surface area contributed by atoms with Crippen LogP contribution >= 0.6 is 0 Å². The summed E-state index contributed by atoms with van der Waals surface area (Å²) in [5, 5.41) is 2.86. The van der Waals surface area contributed by atoms with Crippen molar-refractivity contribution < 1.29 is 23.1 Å². The zero-order chi connectivity index (χ0) is 23.9. The molecule has 4 rings (SSSR count). The van der Waals surface area contributed by atoms with Gasteiger partial charge in [-0.15, -0.1) is 0 Å². The van der Waals surface area contributed by atoms with Crippen LogP contribution in [0.15, 0.2) is 78.9 Å². The molecule has 0 bridgehead atoms. The van der Waals surface area contributed by atoms with E-state index in [1.807, 2.05) is 42.5 Å². The fourth-order valence-electron chi connectivity index (χ4n) is 3.87. The highest BCUT2D eigenvalue weighted by atomic mass is 19.3. The molecule has 0 aliphatic carbocycles. The maximum atomic E-state index is 12.8. The molecule has 1 saturated heterocycles. The molecule has 8 heteroatoms. The Hall–Kier alpha value is -3.78. The van der Waals surface area contributed by atoms with Gasteiger partial charge in [-0.3, -0.25) is 14.5 Å². The van der Waals surface area contributed by atoms with Crippen LogP contribution in [0, 0.1) is 0 Å². The van der Waals surface area contributed by atoms with E-state index in [0.717, 1.165) is 11.3 Å². The topological polar surface area (TPSA) is 61.9 Å². The number of hydrogen-bond acceptors (Lipinski definition) is 4. The number of para-hydroxylation sites is 2. The lowest BCUT2D eigenvalue weighted by Crippen LogP contribution is -2.48. The molecule has 1 fully saturated rings. The molecule has 0 unspecified atom stereocenters. The van der Waals surface area contributed by atoms with E-state index < -0.39 is 6.61 Å². The number of nitrogens with one attached hydrogen (secondary N) is 1. The molecule has 3 aromatic carbocycles. The van der Waals surface area contributed by atoms with Crippen LogP contribution in [-0.4, -0.2) is 54.4 Å². The highest BCUT2D eigenvalue weighted by Crippen LogP contribution is 2.23. The summed E-state index contributed by atoms with van der Waals surface area (Å²) in [6, 6.07) is 22.8. The summed E-state index contributed by atoms with van der Waals surface area (Å²) in [5.74, 6) is -0.591. The second-order valence-electron chi connectivity index (χ2n) is 7.96. The minimum atomic E-state index is -2.98. The first-order valence-corrected chi connectivity index (χ1v) is 11.0. The second kappa shape index (κ2) is 10.9.